The number of hydrogen-bond donors (Lipinski definition) is 2. The SMILES string of the molecule is CC(C)N(Cc1cccs1)c1ccc(/C(N)=N/O)nc1. The van der Waals surface area contributed by atoms with Gasteiger partial charge in [-0.3, -0.25) is 4.98 Å². The van der Waals surface area contributed by atoms with Crippen molar-refractivity contribution in [2.24, 2.45) is 10.9 Å². The Bertz CT molecular complexity index is 563. The first-order valence-corrected chi connectivity index (χ1v) is 7.22. The summed E-state index contributed by atoms with van der Waals surface area (Å²) in [6, 6.07) is 8.23. The van der Waals surface area contributed by atoms with Gasteiger partial charge in [-0.15, -0.1) is 11.3 Å². The second kappa shape index (κ2) is 6.38. The Morgan fingerprint density at radius 1 is 1.45 bits per heavy atom. The minimum atomic E-state index is 0.0194. The summed E-state index contributed by atoms with van der Waals surface area (Å²) in [5.74, 6) is 0.0194. The minimum absolute atomic E-state index is 0.0194. The number of hydrogen-bond acceptors (Lipinski definition) is 5. The number of nitrogens with two attached hydrogens (primary N) is 1. The van der Waals surface area contributed by atoms with E-state index in [0.717, 1.165) is 12.2 Å². The Balaban J connectivity index is 2.21. The largest absolute Gasteiger partial charge is 0.409 e. The maximum atomic E-state index is 8.64. The van der Waals surface area contributed by atoms with Crippen LogP contribution in [-0.4, -0.2) is 22.1 Å². The lowest BCUT2D eigenvalue weighted by molar-refractivity contribution is 0.318. The maximum absolute atomic E-state index is 8.64. The third kappa shape index (κ3) is 3.27. The normalized spacial score (nSPS) is 11.8. The van der Waals surface area contributed by atoms with Crippen LogP contribution in [0.15, 0.2) is 41.0 Å². The van der Waals surface area contributed by atoms with Crippen LogP contribution in [0.4, 0.5) is 5.69 Å². The summed E-state index contributed by atoms with van der Waals surface area (Å²) in [4.78, 5) is 7.79. The quantitative estimate of drug-likeness (QED) is 0.384. The number of thiophene rings is 1. The molecule has 0 fully saturated rings. The van der Waals surface area contributed by atoms with Gasteiger partial charge in [0.25, 0.3) is 0 Å². The summed E-state index contributed by atoms with van der Waals surface area (Å²) in [6.45, 7) is 5.13. The molecule has 2 aromatic rings. The molecule has 2 aromatic heterocycles. The van der Waals surface area contributed by atoms with Crippen molar-refractivity contribution < 1.29 is 5.21 Å². The maximum Gasteiger partial charge on any atom is 0.188 e. The molecule has 20 heavy (non-hydrogen) atoms. The Labute approximate surface area is 122 Å². The van der Waals surface area contributed by atoms with Gasteiger partial charge in [0.05, 0.1) is 18.4 Å². The fourth-order valence-corrected chi connectivity index (χ4v) is 2.60. The van der Waals surface area contributed by atoms with Gasteiger partial charge >= 0.3 is 0 Å². The number of oxime groups is 1. The lowest BCUT2D eigenvalue weighted by Gasteiger charge is -2.28. The molecule has 5 nitrogen and oxygen atoms in total. The molecule has 2 heterocycles. The van der Waals surface area contributed by atoms with Crippen LogP contribution in [0.25, 0.3) is 0 Å². The zero-order valence-corrected chi connectivity index (χ0v) is 12.3. The van der Waals surface area contributed by atoms with Crippen molar-refractivity contribution in [3.63, 3.8) is 0 Å². The first kappa shape index (κ1) is 14.3. The molecule has 0 aliphatic rings. The monoisotopic (exact) mass is 290 g/mol. The highest BCUT2D eigenvalue weighted by atomic mass is 32.1. The zero-order valence-electron chi connectivity index (χ0n) is 11.5. The van der Waals surface area contributed by atoms with Crippen LogP contribution >= 0.6 is 11.3 Å². The second-order valence-electron chi connectivity index (χ2n) is 4.69. The minimum Gasteiger partial charge on any atom is -0.409 e. The molecule has 2 rings (SSSR count). The fraction of sp³-hybridized carbons (Fsp3) is 0.286. The number of anilines is 1. The van der Waals surface area contributed by atoms with E-state index < -0.39 is 0 Å². The number of rotatable bonds is 5. The van der Waals surface area contributed by atoms with Gasteiger partial charge in [-0.05, 0) is 37.4 Å². The summed E-state index contributed by atoms with van der Waals surface area (Å²) in [6.07, 6.45) is 1.75. The average Bonchev–Trinajstić information content (AvgIpc) is 2.97. The van der Waals surface area contributed by atoms with Crippen LogP contribution in [0.2, 0.25) is 0 Å². The third-order valence-electron chi connectivity index (χ3n) is 2.98. The molecule has 0 radical (unpaired) electrons. The van der Waals surface area contributed by atoms with E-state index in [9.17, 15) is 0 Å². The summed E-state index contributed by atoms with van der Waals surface area (Å²) in [5, 5.41) is 13.7. The molecule has 0 saturated carbocycles. The molecular weight excluding hydrogens is 272 g/mol. The standard InChI is InChI=1S/C14H18N4OS/c1-10(2)18(9-12-4-3-7-20-12)11-5-6-13(16-8-11)14(15)17-19/h3-8,10,19H,9H2,1-2H3,(H2,15,17). The van der Waals surface area contributed by atoms with Crippen molar-refractivity contribution in [1.29, 1.82) is 0 Å². The Morgan fingerprint density at radius 3 is 2.75 bits per heavy atom. The molecule has 0 spiro atoms. The van der Waals surface area contributed by atoms with E-state index in [4.69, 9.17) is 10.9 Å². The van der Waals surface area contributed by atoms with Gasteiger partial charge in [-0.25, -0.2) is 0 Å². The van der Waals surface area contributed by atoms with Gasteiger partial charge in [-0.1, -0.05) is 11.2 Å². The molecule has 0 saturated heterocycles. The third-order valence-corrected chi connectivity index (χ3v) is 3.84. The summed E-state index contributed by atoms with van der Waals surface area (Å²) >= 11 is 1.74. The van der Waals surface area contributed by atoms with E-state index >= 15 is 0 Å². The second-order valence-corrected chi connectivity index (χ2v) is 5.72. The number of aromatic nitrogens is 1. The van der Waals surface area contributed by atoms with Crippen LogP contribution in [-0.2, 0) is 6.54 Å². The first-order chi connectivity index (χ1) is 9.61. The summed E-state index contributed by atoms with van der Waals surface area (Å²) < 4.78 is 0. The van der Waals surface area contributed by atoms with E-state index in [-0.39, 0.29) is 5.84 Å². The predicted molar refractivity (Wildman–Crippen MR) is 82.4 cm³/mol. The number of nitrogens with zero attached hydrogens (tertiary/aromatic N) is 3. The predicted octanol–water partition coefficient (Wildman–Crippen LogP) is 2.65. The van der Waals surface area contributed by atoms with Gasteiger partial charge in [0, 0.05) is 10.9 Å². The van der Waals surface area contributed by atoms with Crippen molar-refractivity contribution in [3.8, 4) is 0 Å². The van der Waals surface area contributed by atoms with Gasteiger partial charge in [0.1, 0.15) is 5.69 Å². The van der Waals surface area contributed by atoms with Crippen molar-refractivity contribution in [1.82, 2.24) is 4.98 Å². The zero-order chi connectivity index (χ0) is 14.5. The van der Waals surface area contributed by atoms with Crippen molar-refractivity contribution in [2.45, 2.75) is 26.4 Å². The van der Waals surface area contributed by atoms with E-state index in [0.29, 0.717) is 11.7 Å². The van der Waals surface area contributed by atoms with Crippen molar-refractivity contribution in [3.05, 3.63) is 46.4 Å². The topological polar surface area (TPSA) is 74.7 Å². The number of amidine groups is 1. The van der Waals surface area contributed by atoms with E-state index in [1.54, 1.807) is 23.6 Å². The first-order valence-electron chi connectivity index (χ1n) is 6.34. The molecule has 3 N–H and O–H groups in total. The smallest absolute Gasteiger partial charge is 0.188 e. The molecule has 0 unspecified atom stereocenters. The highest BCUT2D eigenvalue weighted by Gasteiger charge is 2.13. The van der Waals surface area contributed by atoms with E-state index in [2.05, 4.69) is 46.4 Å². The van der Waals surface area contributed by atoms with Crippen molar-refractivity contribution >= 4 is 22.9 Å². The molecule has 0 aliphatic carbocycles. The molecule has 0 bridgehead atoms. The van der Waals surface area contributed by atoms with E-state index in [1.165, 1.54) is 4.88 Å². The van der Waals surface area contributed by atoms with Crippen LogP contribution < -0.4 is 10.6 Å². The Hall–Kier alpha value is -2.08. The van der Waals surface area contributed by atoms with Crippen molar-refractivity contribution in [2.75, 3.05) is 4.90 Å². The van der Waals surface area contributed by atoms with Gasteiger partial charge in [0.2, 0.25) is 0 Å². The van der Waals surface area contributed by atoms with Crippen LogP contribution in [0.3, 0.4) is 0 Å². The fourth-order valence-electron chi connectivity index (χ4n) is 1.90. The summed E-state index contributed by atoms with van der Waals surface area (Å²) in [5.41, 5.74) is 7.00. The Morgan fingerprint density at radius 2 is 2.25 bits per heavy atom. The van der Waals surface area contributed by atoms with E-state index in [1.807, 2.05) is 6.07 Å². The lowest BCUT2D eigenvalue weighted by atomic mass is 10.2. The molecule has 0 aliphatic heterocycles. The molecular formula is C14H18N4OS. The van der Waals surface area contributed by atoms with Crippen LogP contribution in [0, 0.1) is 0 Å². The number of pyridine rings is 1. The molecule has 0 aromatic carbocycles. The molecule has 0 amide bonds. The molecule has 6 heteroatoms. The van der Waals surface area contributed by atoms with Crippen LogP contribution in [0.1, 0.15) is 24.4 Å². The van der Waals surface area contributed by atoms with Gasteiger partial charge in [-0.2, -0.15) is 0 Å². The Kier molecular flexibility index (Phi) is 4.57. The van der Waals surface area contributed by atoms with Gasteiger partial charge in [0.15, 0.2) is 5.84 Å². The molecule has 0 atom stereocenters. The summed E-state index contributed by atoms with van der Waals surface area (Å²) in [7, 11) is 0. The lowest BCUT2D eigenvalue weighted by Crippen LogP contribution is -2.30. The van der Waals surface area contributed by atoms with Crippen LogP contribution in [0.5, 0.6) is 0 Å². The van der Waals surface area contributed by atoms with Gasteiger partial charge < -0.3 is 15.8 Å². The average molecular weight is 290 g/mol. The molecule has 106 valence electrons. The highest BCUT2D eigenvalue weighted by Crippen LogP contribution is 2.21. The highest BCUT2D eigenvalue weighted by molar-refractivity contribution is 7.09.